The molecule has 3 N–H and O–H groups in total. The molecule has 2 aromatic carbocycles. The summed E-state index contributed by atoms with van der Waals surface area (Å²) >= 11 is 8.98. The molecule has 2 aromatic rings. The minimum absolute atomic E-state index is 0.238. The fourth-order valence-electron chi connectivity index (χ4n) is 3.15. The number of methoxy groups -OCH3 is 1. The minimum Gasteiger partial charge on any atom is -0.495 e. The minimum atomic E-state index is -0.238. The molecule has 3 rings (SSSR count). The van der Waals surface area contributed by atoms with Crippen LogP contribution >= 0.6 is 28.1 Å². The van der Waals surface area contributed by atoms with Gasteiger partial charge in [0.2, 0.25) is 0 Å². The van der Waals surface area contributed by atoms with Crippen molar-refractivity contribution in [1.29, 1.82) is 0 Å². The molecule has 0 spiro atoms. The van der Waals surface area contributed by atoms with Crippen molar-refractivity contribution in [3.63, 3.8) is 0 Å². The Morgan fingerprint density at radius 2 is 1.77 bits per heavy atom. The highest BCUT2D eigenvalue weighted by molar-refractivity contribution is 9.10. The number of ether oxygens (including phenoxy) is 1. The summed E-state index contributed by atoms with van der Waals surface area (Å²) < 4.78 is 6.28. The molecule has 0 aliphatic carbocycles. The van der Waals surface area contributed by atoms with Gasteiger partial charge in [0.25, 0.3) is 0 Å². The zero-order valence-corrected chi connectivity index (χ0v) is 19.3. The van der Waals surface area contributed by atoms with Crippen molar-refractivity contribution in [2.45, 2.75) is 0 Å². The topological polar surface area (TPSA) is 68.9 Å². The number of thiocarbonyl (C=S) groups is 1. The van der Waals surface area contributed by atoms with E-state index in [1.807, 2.05) is 48.5 Å². The molecular formula is C21H26BrN5O2S. The number of piperazine rings is 1. The van der Waals surface area contributed by atoms with Gasteiger partial charge in [-0.05, 0) is 48.6 Å². The second-order valence-corrected chi connectivity index (χ2v) is 8.15. The second kappa shape index (κ2) is 11.1. The van der Waals surface area contributed by atoms with Gasteiger partial charge in [-0.2, -0.15) is 0 Å². The number of amides is 2. The molecule has 7 nitrogen and oxygen atoms in total. The van der Waals surface area contributed by atoms with E-state index < -0.39 is 0 Å². The van der Waals surface area contributed by atoms with Crippen molar-refractivity contribution in [3.05, 3.63) is 53.0 Å². The first kappa shape index (κ1) is 22.3. The summed E-state index contributed by atoms with van der Waals surface area (Å²) in [7, 11) is 1.58. The van der Waals surface area contributed by atoms with E-state index >= 15 is 0 Å². The van der Waals surface area contributed by atoms with Gasteiger partial charge in [-0.15, -0.1) is 0 Å². The number of anilines is 2. The van der Waals surface area contributed by atoms with E-state index in [1.54, 1.807) is 7.11 Å². The number of hydrogen-bond donors (Lipinski definition) is 3. The molecule has 0 radical (unpaired) electrons. The van der Waals surface area contributed by atoms with Crippen LogP contribution in [0.15, 0.2) is 53.0 Å². The van der Waals surface area contributed by atoms with Crippen LogP contribution in [0.2, 0.25) is 0 Å². The Kier molecular flexibility index (Phi) is 8.30. The zero-order valence-electron chi connectivity index (χ0n) is 16.9. The van der Waals surface area contributed by atoms with Gasteiger partial charge in [0.1, 0.15) is 5.75 Å². The van der Waals surface area contributed by atoms with Gasteiger partial charge in [0.15, 0.2) is 5.11 Å². The SMILES string of the molecule is COc1ccccc1NC(=O)NCCN1CCN(C(=S)Nc2ccc(Br)cc2)CC1. The van der Waals surface area contributed by atoms with E-state index in [0.29, 0.717) is 18.0 Å². The number of halogens is 1. The standard InChI is InChI=1S/C21H26BrN5O2S/c1-29-19-5-3-2-4-18(19)25-20(28)23-10-11-26-12-14-27(15-13-26)21(30)24-17-8-6-16(22)7-9-17/h2-9H,10-15H2,1H3,(H,24,30)(H2,23,25,28). The van der Waals surface area contributed by atoms with E-state index in [0.717, 1.165) is 48.0 Å². The Morgan fingerprint density at radius 1 is 1.07 bits per heavy atom. The number of urea groups is 1. The van der Waals surface area contributed by atoms with Crippen LogP contribution in [-0.4, -0.2) is 67.3 Å². The number of carbonyl (C=O) groups is 1. The molecule has 9 heteroatoms. The molecule has 0 aromatic heterocycles. The lowest BCUT2D eigenvalue weighted by Gasteiger charge is -2.36. The van der Waals surface area contributed by atoms with Gasteiger partial charge in [-0.1, -0.05) is 28.1 Å². The average molecular weight is 492 g/mol. The van der Waals surface area contributed by atoms with Crippen molar-refractivity contribution in [2.24, 2.45) is 0 Å². The highest BCUT2D eigenvalue weighted by Gasteiger charge is 2.19. The Morgan fingerprint density at radius 3 is 2.47 bits per heavy atom. The van der Waals surface area contributed by atoms with E-state index in [4.69, 9.17) is 17.0 Å². The number of nitrogens with one attached hydrogen (secondary N) is 3. The quantitative estimate of drug-likeness (QED) is 0.536. The highest BCUT2D eigenvalue weighted by atomic mass is 79.9. The molecule has 1 saturated heterocycles. The monoisotopic (exact) mass is 491 g/mol. The molecule has 0 atom stereocenters. The normalized spacial score (nSPS) is 14.1. The molecule has 2 amide bonds. The van der Waals surface area contributed by atoms with Crippen molar-refractivity contribution in [2.75, 3.05) is 57.0 Å². The van der Waals surface area contributed by atoms with Crippen LogP contribution in [0.5, 0.6) is 5.75 Å². The summed E-state index contributed by atoms with van der Waals surface area (Å²) in [6, 6.07) is 15.1. The first-order valence-corrected chi connectivity index (χ1v) is 11.0. The summed E-state index contributed by atoms with van der Waals surface area (Å²) in [4.78, 5) is 16.6. The molecule has 160 valence electrons. The molecule has 0 bridgehead atoms. The molecule has 0 unspecified atom stereocenters. The summed E-state index contributed by atoms with van der Waals surface area (Å²) in [6.07, 6.45) is 0. The Hall–Kier alpha value is -2.36. The van der Waals surface area contributed by atoms with Gasteiger partial charge in [0, 0.05) is 49.4 Å². The molecule has 1 aliphatic heterocycles. The third kappa shape index (κ3) is 6.58. The summed E-state index contributed by atoms with van der Waals surface area (Å²) in [5.74, 6) is 0.636. The zero-order chi connectivity index (χ0) is 21.3. The first-order chi connectivity index (χ1) is 14.5. The summed E-state index contributed by atoms with van der Waals surface area (Å²) in [5.41, 5.74) is 1.63. The van der Waals surface area contributed by atoms with Gasteiger partial charge >= 0.3 is 6.03 Å². The predicted octanol–water partition coefficient (Wildman–Crippen LogP) is 3.59. The molecule has 0 saturated carbocycles. The maximum atomic E-state index is 12.1. The third-order valence-corrected chi connectivity index (χ3v) is 5.71. The van der Waals surface area contributed by atoms with Crippen LogP contribution in [0.3, 0.4) is 0 Å². The van der Waals surface area contributed by atoms with E-state index in [-0.39, 0.29) is 6.03 Å². The fraction of sp³-hybridized carbons (Fsp3) is 0.333. The summed E-state index contributed by atoms with van der Waals surface area (Å²) in [6.45, 7) is 4.88. The van der Waals surface area contributed by atoms with Crippen LogP contribution in [0.4, 0.5) is 16.2 Å². The third-order valence-electron chi connectivity index (χ3n) is 4.82. The van der Waals surface area contributed by atoms with Gasteiger partial charge in [0.05, 0.1) is 12.8 Å². The lowest BCUT2D eigenvalue weighted by atomic mass is 10.3. The van der Waals surface area contributed by atoms with Crippen LogP contribution in [0.25, 0.3) is 0 Å². The molecule has 1 aliphatic rings. The maximum absolute atomic E-state index is 12.1. The largest absolute Gasteiger partial charge is 0.495 e. The second-order valence-electron chi connectivity index (χ2n) is 6.85. The van der Waals surface area contributed by atoms with E-state index in [2.05, 4.69) is 41.7 Å². The van der Waals surface area contributed by atoms with Crippen LogP contribution in [0, 0.1) is 0 Å². The predicted molar refractivity (Wildman–Crippen MR) is 128 cm³/mol. The number of rotatable bonds is 6. The molecule has 1 heterocycles. The van der Waals surface area contributed by atoms with Crippen LogP contribution < -0.4 is 20.7 Å². The van der Waals surface area contributed by atoms with Crippen LogP contribution in [-0.2, 0) is 0 Å². The molecule has 30 heavy (non-hydrogen) atoms. The van der Waals surface area contributed by atoms with Crippen LogP contribution in [0.1, 0.15) is 0 Å². The Bertz CT molecular complexity index is 857. The number of carbonyl (C=O) groups excluding carboxylic acids is 1. The number of benzene rings is 2. The lowest BCUT2D eigenvalue weighted by Crippen LogP contribution is -2.51. The van der Waals surface area contributed by atoms with Crippen molar-refractivity contribution < 1.29 is 9.53 Å². The van der Waals surface area contributed by atoms with Crippen molar-refractivity contribution in [1.82, 2.24) is 15.1 Å². The Labute approximate surface area is 190 Å². The van der Waals surface area contributed by atoms with Gasteiger partial charge in [-0.3, -0.25) is 4.90 Å². The number of hydrogen-bond acceptors (Lipinski definition) is 4. The van der Waals surface area contributed by atoms with Crippen molar-refractivity contribution in [3.8, 4) is 5.75 Å². The first-order valence-electron chi connectivity index (χ1n) is 9.77. The van der Waals surface area contributed by atoms with Crippen molar-refractivity contribution >= 4 is 50.7 Å². The van der Waals surface area contributed by atoms with E-state index in [1.165, 1.54) is 0 Å². The number of nitrogens with zero attached hydrogens (tertiary/aromatic N) is 2. The Balaban J connectivity index is 1.35. The maximum Gasteiger partial charge on any atom is 0.319 e. The fourth-order valence-corrected chi connectivity index (χ4v) is 3.72. The van der Waals surface area contributed by atoms with Gasteiger partial charge in [-0.25, -0.2) is 4.79 Å². The molecular weight excluding hydrogens is 466 g/mol. The summed E-state index contributed by atoms with van der Waals surface area (Å²) in [5, 5.41) is 9.74. The lowest BCUT2D eigenvalue weighted by molar-refractivity contribution is 0.184. The molecule has 1 fully saturated rings. The highest BCUT2D eigenvalue weighted by Crippen LogP contribution is 2.22. The van der Waals surface area contributed by atoms with E-state index in [9.17, 15) is 4.79 Å². The van der Waals surface area contributed by atoms with Gasteiger partial charge < -0.3 is 25.6 Å². The number of para-hydroxylation sites is 2. The smallest absolute Gasteiger partial charge is 0.319 e. The average Bonchev–Trinajstić information content (AvgIpc) is 2.76.